The van der Waals surface area contributed by atoms with E-state index in [1.807, 2.05) is 89.2 Å². The van der Waals surface area contributed by atoms with Crippen molar-refractivity contribution < 1.29 is 9.59 Å². The number of allylic oxidation sites excluding steroid dienone is 2. The lowest BCUT2D eigenvalue weighted by atomic mass is 9.89. The van der Waals surface area contributed by atoms with Gasteiger partial charge in [0.05, 0.1) is 34.9 Å². The van der Waals surface area contributed by atoms with Crippen LogP contribution >= 0.6 is 12.1 Å². The van der Waals surface area contributed by atoms with E-state index in [1.54, 1.807) is 4.68 Å². The third kappa shape index (κ3) is 7.04. The van der Waals surface area contributed by atoms with E-state index in [0.29, 0.717) is 24.8 Å². The number of aryl methyl sites for hydroxylation is 1. The summed E-state index contributed by atoms with van der Waals surface area (Å²) in [5.74, 6) is 1.01. The van der Waals surface area contributed by atoms with Crippen LogP contribution in [0.25, 0.3) is 5.69 Å². The molecule has 1 fully saturated rings. The van der Waals surface area contributed by atoms with Crippen LogP contribution in [0.4, 0.5) is 21.1 Å². The summed E-state index contributed by atoms with van der Waals surface area (Å²) in [5, 5.41) is 14.0. The van der Waals surface area contributed by atoms with Crippen LogP contribution in [0.15, 0.2) is 90.5 Å². The molecular formula is C34H40N8O2S. The molecule has 4 amide bonds. The Morgan fingerprint density at radius 1 is 1.02 bits per heavy atom. The summed E-state index contributed by atoms with van der Waals surface area (Å²) in [5.41, 5.74) is 6.34. The lowest BCUT2D eigenvalue weighted by molar-refractivity contribution is 0.173. The number of nitrogens with zero attached hydrogens (tertiary/aromatic N) is 4. The Morgan fingerprint density at radius 2 is 1.78 bits per heavy atom. The maximum atomic E-state index is 13.3. The zero-order chi connectivity index (χ0) is 31.6. The largest absolute Gasteiger partial charge is 0.325 e. The predicted octanol–water partition coefficient (Wildman–Crippen LogP) is 6.81. The molecule has 2 aromatic carbocycles. The highest BCUT2D eigenvalue weighted by atomic mass is 32.2. The van der Waals surface area contributed by atoms with Crippen LogP contribution in [0.1, 0.15) is 50.4 Å². The molecule has 0 bridgehead atoms. The van der Waals surface area contributed by atoms with Gasteiger partial charge in [-0.25, -0.2) is 14.3 Å². The number of benzene rings is 2. The summed E-state index contributed by atoms with van der Waals surface area (Å²) in [6.07, 6.45) is 10.3. The summed E-state index contributed by atoms with van der Waals surface area (Å²) in [6.45, 7) is 9.73. The molecular weight excluding hydrogens is 584 g/mol. The van der Waals surface area contributed by atoms with Crippen molar-refractivity contribution >= 4 is 35.7 Å². The van der Waals surface area contributed by atoms with Crippen molar-refractivity contribution in [2.45, 2.75) is 52.4 Å². The van der Waals surface area contributed by atoms with Crippen LogP contribution in [0.5, 0.6) is 0 Å². The highest BCUT2D eigenvalue weighted by Crippen LogP contribution is 2.31. The Bertz CT molecular complexity index is 1660. The van der Waals surface area contributed by atoms with Gasteiger partial charge in [-0.2, -0.15) is 5.10 Å². The normalized spacial score (nSPS) is 16.4. The molecule has 0 saturated carbocycles. The minimum atomic E-state index is -0.320. The van der Waals surface area contributed by atoms with E-state index < -0.39 is 0 Å². The van der Waals surface area contributed by atoms with Crippen LogP contribution in [0.2, 0.25) is 0 Å². The van der Waals surface area contributed by atoms with E-state index >= 15 is 0 Å². The number of nitrogens with one attached hydrogen (secondary N) is 4. The lowest BCUT2D eigenvalue weighted by Gasteiger charge is -2.33. The van der Waals surface area contributed by atoms with Crippen molar-refractivity contribution in [1.29, 1.82) is 0 Å². The van der Waals surface area contributed by atoms with Crippen molar-refractivity contribution in [2.24, 2.45) is 5.92 Å². The average molecular weight is 625 g/mol. The number of aromatic nitrogens is 2. The number of hydrogen-bond acceptors (Lipinski definition) is 6. The molecule has 4 N–H and O–H groups in total. The number of likely N-dealkylation sites (tertiary alicyclic amines) is 1. The fourth-order valence-corrected chi connectivity index (χ4v) is 6.28. The number of para-hydroxylation sites is 1. The molecule has 3 aliphatic rings. The Morgan fingerprint density at radius 3 is 2.53 bits per heavy atom. The number of fused-ring (bicyclic) bond motifs is 1. The van der Waals surface area contributed by atoms with Crippen LogP contribution in [0.3, 0.4) is 0 Å². The van der Waals surface area contributed by atoms with Gasteiger partial charge >= 0.3 is 12.1 Å². The first-order valence-corrected chi connectivity index (χ1v) is 16.1. The molecule has 10 nitrogen and oxygen atoms in total. The summed E-state index contributed by atoms with van der Waals surface area (Å²) in [6, 6.07) is 17.6. The summed E-state index contributed by atoms with van der Waals surface area (Å²) in [7, 11) is 0. The summed E-state index contributed by atoms with van der Waals surface area (Å²) >= 11 is 1.46. The van der Waals surface area contributed by atoms with Gasteiger partial charge in [0.2, 0.25) is 0 Å². The monoisotopic (exact) mass is 624 g/mol. The van der Waals surface area contributed by atoms with Gasteiger partial charge in [-0.15, -0.1) is 0 Å². The van der Waals surface area contributed by atoms with E-state index in [2.05, 4.69) is 47.5 Å². The molecule has 4 heterocycles. The molecule has 0 aliphatic carbocycles. The zero-order valence-corrected chi connectivity index (χ0v) is 26.9. The van der Waals surface area contributed by atoms with Crippen LogP contribution in [-0.4, -0.2) is 44.1 Å². The Hall–Kier alpha value is -4.64. The molecule has 45 heavy (non-hydrogen) atoms. The first-order chi connectivity index (χ1) is 21.6. The van der Waals surface area contributed by atoms with Crippen molar-refractivity contribution in [3.05, 3.63) is 107 Å². The molecule has 1 saturated heterocycles. The van der Waals surface area contributed by atoms with Gasteiger partial charge in [0, 0.05) is 42.7 Å². The van der Waals surface area contributed by atoms with E-state index in [4.69, 9.17) is 5.10 Å². The van der Waals surface area contributed by atoms with Crippen molar-refractivity contribution in [2.75, 3.05) is 23.7 Å². The third-order valence-corrected chi connectivity index (χ3v) is 9.00. The highest BCUT2D eigenvalue weighted by Gasteiger charge is 2.27. The summed E-state index contributed by atoms with van der Waals surface area (Å²) < 4.78 is 6.88. The van der Waals surface area contributed by atoms with Gasteiger partial charge in [-0.3, -0.25) is 9.62 Å². The first-order valence-electron chi connectivity index (χ1n) is 15.3. The molecule has 0 unspecified atom stereocenters. The maximum Gasteiger partial charge on any atom is 0.324 e. The van der Waals surface area contributed by atoms with E-state index in [-0.39, 0.29) is 17.5 Å². The Balaban J connectivity index is 1.07. The molecule has 6 rings (SSSR count). The average Bonchev–Trinajstić information content (AvgIpc) is 3.67. The number of anilines is 2. The van der Waals surface area contributed by atoms with Gasteiger partial charge < -0.3 is 20.3 Å². The number of carbonyl (C=O) groups excluding carboxylic acids is 2. The molecule has 3 aromatic rings. The van der Waals surface area contributed by atoms with Gasteiger partial charge in [0.1, 0.15) is 5.82 Å². The first kappa shape index (κ1) is 30.4. The number of amides is 4. The molecule has 1 aromatic heterocycles. The van der Waals surface area contributed by atoms with Crippen molar-refractivity contribution in [3.8, 4) is 5.69 Å². The molecule has 234 valence electrons. The Labute approximate surface area is 268 Å². The number of urea groups is 2. The van der Waals surface area contributed by atoms with Crippen LogP contribution < -0.4 is 20.7 Å². The van der Waals surface area contributed by atoms with E-state index in [1.165, 1.54) is 12.1 Å². The molecule has 0 atom stereocenters. The van der Waals surface area contributed by atoms with Gasteiger partial charge in [-0.05, 0) is 68.0 Å². The van der Waals surface area contributed by atoms with E-state index in [0.717, 1.165) is 58.9 Å². The molecule has 0 spiro atoms. The summed E-state index contributed by atoms with van der Waals surface area (Å²) in [4.78, 5) is 28.3. The highest BCUT2D eigenvalue weighted by molar-refractivity contribution is 7.95. The predicted molar refractivity (Wildman–Crippen MR) is 180 cm³/mol. The van der Waals surface area contributed by atoms with Gasteiger partial charge in [-0.1, -0.05) is 56.7 Å². The number of carbonyl (C=O) groups is 2. The van der Waals surface area contributed by atoms with Crippen molar-refractivity contribution in [1.82, 2.24) is 29.0 Å². The quantitative estimate of drug-likeness (QED) is 0.225. The van der Waals surface area contributed by atoms with E-state index in [9.17, 15) is 9.59 Å². The minimum Gasteiger partial charge on any atom is -0.325 e. The van der Waals surface area contributed by atoms with Gasteiger partial charge in [0.25, 0.3) is 0 Å². The second-order valence-corrected chi connectivity index (χ2v) is 13.5. The Kier molecular flexibility index (Phi) is 8.62. The third-order valence-electron chi connectivity index (χ3n) is 8.26. The number of piperidine rings is 1. The van der Waals surface area contributed by atoms with Crippen LogP contribution in [-0.2, 0) is 11.8 Å². The molecule has 3 aliphatic heterocycles. The topological polar surface area (TPSA) is 107 Å². The molecule has 0 radical (unpaired) electrons. The van der Waals surface area contributed by atoms with Gasteiger partial charge in [0.15, 0.2) is 0 Å². The maximum absolute atomic E-state index is 13.3. The molecule has 11 heteroatoms. The van der Waals surface area contributed by atoms with Crippen LogP contribution in [0, 0.1) is 12.8 Å². The zero-order valence-electron chi connectivity index (χ0n) is 26.1. The second kappa shape index (κ2) is 12.8. The lowest BCUT2D eigenvalue weighted by Crippen LogP contribution is -2.45. The standard InChI is InChI=1S/C34H40N8O2S/c1-23-11-13-26(14-12-23)42-31(21-30(39-42)34(2,3)4)38-32(43)36-27-9-6-5-8-25(27)20-24-15-18-40(19-16-24)33(44)37-28-10-7-17-41-29(28)22-35-45-41/h5-14,17,21-22,24,35H,15-16,18-20H2,1-4H3,(H,37,44)(H2,36,38,43). The fraction of sp³-hybridized carbons (Fsp3) is 0.324. The smallest absolute Gasteiger partial charge is 0.324 e. The SMILES string of the molecule is Cc1ccc(-n2nc(C(C)(C)C)cc2NC(=O)Nc2ccccc2CC2CCN(C(=O)NC3=CC=CN4SNC=C34)CC2)cc1. The number of rotatable bonds is 6. The number of hydrogen-bond donors (Lipinski definition) is 4. The second-order valence-electron chi connectivity index (χ2n) is 12.7. The fourth-order valence-electron chi connectivity index (χ4n) is 5.62. The minimum absolute atomic E-state index is 0.0778. The van der Waals surface area contributed by atoms with Crippen molar-refractivity contribution in [3.63, 3.8) is 0 Å².